The maximum Gasteiger partial charge on any atom is 0.340 e. The highest BCUT2D eigenvalue weighted by Crippen LogP contribution is 2.23. The zero-order valence-corrected chi connectivity index (χ0v) is 16.1. The van der Waals surface area contributed by atoms with Crippen LogP contribution in [-0.2, 0) is 19.6 Å². The molecule has 1 N–H and O–H groups in total. The molecule has 0 heterocycles. The first-order valence-electron chi connectivity index (χ1n) is 8.30. The summed E-state index contributed by atoms with van der Waals surface area (Å²) < 4.78 is 38.0. The van der Waals surface area contributed by atoms with Crippen LogP contribution >= 0.6 is 0 Å². The second-order valence-corrected chi connectivity index (χ2v) is 7.40. The van der Waals surface area contributed by atoms with Gasteiger partial charge >= 0.3 is 5.97 Å². The van der Waals surface area contributed by atoms with Crippen LogP contribution in [0.5, 0.6) is 5.75 Å². The normalized spacial score (nSPS) is 12.1. The fourth-order valence-corrected chi connectivity index (χ4v) is 3.22. The van der Waals surface area contributed by atoms with E-state index in [0.717, 1.165) is 0 Å². The number of rotatable bonds is 8. The number of hydrogen-bond acceptors (Lipinski definition) is 6. The third kappa shape index (κ3) is 5.30. The van der Waals surface area contributed by atoms with Gasteiger partial charge in [-0.3, -0.25) is 9.52 Å². The Morgan fingerprint density at radius 1 is 1.07 bits per heavy atom. The van der Waals surface area contributed by atoms with Crippen molar-refractivity contribution in [1.29, 1.82) is 0 Å². The topological polar surface area (TPSA) is 98.8 Å². The minimum absolute atomic E-state index is 0.0140. The smallest absolute Gasteiger partial charge is 0.340 e. The molecule has 0 radical (unpaired) electrons. The monoisotopic (exact) mass is 391 g/mol. The van der Waals surface area contributed by atoms with Gasteiger partial charge in [-0.15, -0.1) is 0 Å². The van der Waals surface area contributed by atoms with Crippen LogP contribution in [0.3, 0.4) is 0 Å². The number of nitrogens with one attached hydrogen (secondary N) is 1. The first-order chi connectivity index (χ1) is 12.7. The first kappa shape index (κ1) is 20.4. The largest absolute Gasteiger partial charge is 0.494 e. The van der Waals surface area contributed by atoms with E-state index in [1.807, 2.05) is 6.92 Å². The molecule has 144 valence electrons. The zero-order valence-electron chi connectivity index (χ0n) is 15.3. The molecule has 0 fully saturated rings. The van der Waals surface area contributed by atoms with Crippen molar-refractivity contribution in [3.05, 3.63) is 54.1 Å². The molecule has 2 aromatic carbocycles. The maximum absolute atomic E-state index is 12.6. The van der Waals surface area contributed by atoms with Gasteiger partial charge in [-0.05, 0) is 57.2 Å². The maximum atomic E-state index is 12.6. The predicted molar refractivity (Wildman–Crippen MR) is 100 cm³/mol. The van der Waals surface area contributed by atoms with Crippen LogP contribution < -0.4 is 9.46 Å². The lowest BCUT2D eigenvalue weighted by atomic mass is 10.2. The highest BCUT2D eigenvalue weighted by molar-refractivity contribution is 7.92. The summed E-state index contributed by atoms with van der Waals surface area (Å²) in [6.07, 6.45) is -0.923. The number of carbonyl (C=O) groups excluding carboxylic acids is 2. The van der Waals surface area contributed by atoms with Gasteiger partial charge in [0.05, 0.1) is 22.8 Å². The number of benzene rings is 2. The molecule has 0 amide bonds. The van der Waals surface area contributed by atoms with Crippen LogP contribution in [0.2, 0.25) is 0 Å². The number of Topliss-reactive ketones (excluding diaryl/α,β-unsaturated/α-hetero) is 1. The summed E-state index contributed by atoms with van der Waals surface area (Å²) in [6.45, 7) is 5.05. The number of esters is 1. The van der Waals surface area contributed by atoms with Crippen molar-refractivity contribution in [2.24, 2.45) is 0 Å². The first-order valence-corrected chi connectivity index (χ1v) is 9.79. The average molecular weight is 391 g/mol. The molecule has 8 heteroatoms. The average Bonchev–Trinajstić information content (AvgIpc) is 2.62. The molecular weight excluding hydrogens is 370 g/mol. The van der Waals surface area contributed by atoms with Crippen LogP contribution in [0, 0.1) is 0 Å². The third-order valence-corrected chi connectivity index (χ3v) is 5.07. The lowest BCUT2D eigenvalue weighted by Gasteiger charge is -2.14. The molecule has 0 aliphatic heterocycles. The summed E-state index contributed by atoms with van der Waals surface area (Å²) >= 11 is 0. The lowest BCUT2D eigenvalue weighted by molar-refractivity contribution is -0.124. The highest BCUT2D eigenvalue weighted by atomic mass is 32.2. The van der Waals surface area contributed by atoms with Crippen molar-refractivity contribution < 1.29 is 27.5 Å². The molecule has 0 spiro atoms. The molecule has 2 aromatic rings. The van der Waals surface area contributed by atoms with Crippen molar-refractivity contribution in [2.45, 2.75) is 31.8 Å². The van der Waals surface area contributed by atoms with Gasteiger partial charge in [0.1, 0.15) is 5.75 Å². The number of carbonyl (C=O) groups is 2. The molecule has 7 nitrogen and oxygen atoms in total. The molecule has 0 aliphatic carbocycles. The van der Waals surface area contributed by atoms with Crippen molar-refractivity contribution in [1.82, 2.24) is 0 Å². The Labute approximate surface area is 158 Å². The molecule has 2 rings (SSSR count). The Balaban J connectivity index is 2.26. The Morgan fingerprint density at radius 2 is 1.70 bits per heavy atom. The third-order valence-electron chi connectivity index (χ3n) is 3.69. The van der Waals surface area contributed by atoms with E-state index < -0.39 is 22.1 Å². The summed E-state index contributed by atoms with van der Waals surface area (Å²) in [5, 5.41) is 0. The minimum Gasteiger partial charge on any atom is -0.494 e. The summed E-state index contributed by atoms with van der Waals surface area (Å²) in [6, 6.07) is 11.9. The SMILES string of the molecule is CCOc1ccc(S(=O)(=O)Nc2ccccc2C(=O)OC(C)C(C)=O)cc1. The van der Waals surface area contributed by atoms with Gasteiger partial charge in [0.2, 0.25) is 0 Å². The number of sulfonamides is 1. The molecular formula is C19H21NO6S. The van der Waals surface area contributed by atoms with E-state index in [2.05, 4.69) is 4.72 Å². The minimum atomic E-state index is -3.93. The number of anilines is 1. The van der Waals surface area contributed by atoms with E-state index in [-0.39, 0.29) is 21.9 Å². The van der Waals surface area contributed by atoms with E-state index in [9.17, 15) is 18.0 Å². The molecule has 0 saturated carbocycles. The zero-order chi connectivity index (χ0) is 20.0. The van der Waals surface area contributed by atoms with Crippen LogP contribution in [0.25, 0.3) is 0 Å². The number of ether oxygens (including phenoxy) is 2. The summed E-state index contributed by atoms with van der Waals surface area (Å²) in [7, 11) is -3.93. The number of para-hydroxylation sites is 1. The summed E-state index contributed by atoms with van der Waals surface area (Å²) in [5.41, 5.74) is 0.0762. The second kappa shape index (κ2) is 8.68. The quantitative estimate of drug-likeness (QED) is 0.695. The van der Waals surface area contributed by atoms with Crippen LogP contribution in [0.4, 0.5) is 5.69 Å². The van der Waals surface area contributed by atoms with Gasteiger partial charge in [0, 0.05) is 0 Å². The second-order valence-electron chi connectivity index (χ2n) is 5.71. The lowest BCUT2D eigenvalue weighted by Crippen LogP contribution is -2.23. The van der Waals surface area contributed by atoms with E-state index >= 15 is 0 Å². The van der Waals surface area contributed by atoms with E-state index in [1.54, 1.807) is 24.3 Å². The van der Waals surface area contributed by atoms with E-state index in [0.29, 0.717) is 12.4 Å². The van der Waals surface area contributed by atoms with E-state index in [4.69, 9.17) is 9.47 Å². The Hall–Kier alpha value is -2.87. The van der Waals surface area contributed by atoms with Gasteiger partial charge in [0.25, 0.3) is 10.0 Å². The highest BCUT2D eigenvalue weighted by Gasteiger charge is 2.21. The molecule has 27 heavy (non-hydrogen) atoms. The van der Waals surface area contributed by atoms with Crippen LogP contribution in [0.15, 0.2) is 53.4 Å². The summed E-state index contributed by atoms with van der Waals surface area (Å²) in [4.78, 5) is 23.6. The van der Waals surface area contributed by atoms with Gasteiger partial charge in [0.15, 0.2) is 11.9 Å². The Bertz CT molecular complexity index is 921. The molecule has 0 aliphatic rings. The molecule has 1 atom stereocenters. The van der Waals surface area contributed by atoms with Gasteiger partial charge in [-0.25, -0.2) is 13.2 Å². The van der Waals surface area contributed by atoms with Crippen molar-refractivity contribution >= 4 is 27.5 Å². The van der Waals surface area contributed by atoms with Crippen LogP contribution in [0.1, 0.15) is 31.1 Å². The van der Waals surface area contributed by atoms with E-state index in [1.165, 1.54) is 38.1 Å². The fourth-order valence-electron chi connectivity index (χ4n) is 2.14. The molecule has 0 bridgehead atoms. The van der Waals surface area contributed by atoms with Crippen LogP contribution in [-0.4, -0.2) is 32.9 Å². The Morgan fingerprint density at radius 3 is 2.30 bits per heavy atom. The van der Waals surface area contributed by atoms with Gasteiger partial charge in [-0.2, -0.15) is 0 Å². The van der Waals surface area contributed by atoms with Crippen molar-refractivity contribution in [2.75, 3.05) is 11.3 Å². The van der Waals surface area contributed by atoms with Crippen molar-refractivity contribution in [3.8, 4) is 5.75 Å². The van der Waals surface area contributed by atoms with Gasteiger partial charge < -0.3 is 9.47 Å². The van der Waals surface area contributed by atoms with Crippen molar-refractivity contribution in [3.63, 3.8) is 0 Å². The molecule has 0 saturated heterocycles. The fraction of sp³-hybridized carbons (Fsp3) is 0.263. The molecule has 1 unspecified atom stereocenters. The predicted octanol–water partition coefficient (Wildman–Crippen LogP) is 3.02. The standard InChI is InChI=1S/C19H21NO6S/c1-4-25-15-9-11-16(12-10-15)27(23,24)20-18-8-6-5-7-17(18)19(22)26-14(3)13(2)21/h5-12,14,20H,4H2,1-3H3. The Kier molecular flexibility index (Phi) is 6.57. The molecule has 0 aromatic heterocycles. The number of ketones is 1. The summed E-state index contributed by atoms with van der Waals surface area (Å²) in [5.74, 6) is -0.544. The van der Waals surface area contributed by atoms with Gasteiger partial charge in [-0.1, -0.05) is 12.1 Å². The number of hydrogen-bond donors (Lipinski definition) is 1.